The summed E-state index contributed by atoms with van der Waals surface area (Å²) in [6.07, 6.45) is 6.40. The Morgan fingerprint density at radius 1 is 1.19 bits per heavy atom. The van der Waals surface area contributed by atoms with E-state index in [1.54, 1.807) is 11.8 Å². The molecule has 0 aromatic heterocycles. The van der Waals surface area contributed by atoms with Crippen molar-refractivity contribution in [3.8, 4) is 5.75 Å². The van der Waals surface area contributed by atoms with Crippen molar-refractivity contribution < 1.29 is 19.0 Å². The highest BCUT2D eigenvalue weighted by molar-refractivity contribution is 8.00. The van der Waals surface area contributed by atoms with Crippen LogP contribution in [0.5, 0.6) is 5.75 Å². The molecule has 0 bridgehead atoms. The van der Waals surface area contributed by atoms with E-state index >= 15 is 0 Å². The van der Waals surface area contributed by atoms with E-state index in [-0.39, 0.29) is 11.4 Å². The van der Waals surface area contributed by atoms with Crippen LogP contribution in [-0.2, 0) is 14.3 Å². The zero-order chi connectivity index (χ0) is 25.7. The summed E-state index contributed by atoms with van der Waals surface area (Å²) in [5.41, 5.74) is 4.17. The van der Waals surface area contributed by atoms with Crippen molar-refractivity contribution >= 4 is 23.3 Å². The summed E-state index contributed by atoms with van der Waals surface area (Å²) in [7, 11) is 0. The molecule has 1 aromatic carbocycles. The van der Waals surface area contributed by atoms with Crippen LogP contribution >= 0.6 is 11.8 Å². The first-order valence-corrected chi connectivity index (χ1v) is 15.0. The molecular formula is C30H45NO4S. The van der Waals surface area contributed by atoms with Gasteiger partial charge in [-0.05, 0) is 55.9 Å². The lowest BCUT2D eigenvalue weighted by Crippen LogP contribution is -2.37. The number of thioether (sulfide) groups is 1. The third-order valence-electron chi connectivity index (χ3n) is 8.17. The minimum Gasteiger partial charge on any atom is -0.483 e. The molecule has 4 rings (SSSR count). The Labute approximate surface area is 222 Å². The summed E-state index contributed by atoms with van der Waals surface area (Å²) in [4.78, 5) is 15.1. The highest BCUT2D eigenvalue weighted by Crippen LogP contribution is 2.51. The molecule has 0 amide bonds. The van der Waals surface area contributed by atoms with Crippen LogP contribution in [0.2, 0.25) is 0 Å². The molecule has 0 saturated carbocycles. The lowest BCUT2D eigenvalue weighted by Gasteiger charge is -2.35. The van der Waals surface area contributed by atoms with Gasteiger partial charge in [-0.2, -0.15) is 0 Å². The number of morpholine rings is 1. The molecule has 1 saturated heterocycles. The van der Waals surface area contributed by atoms with Crippen LogP contribution in [0.15, 0.2) is 23.8 Å². The van der Waals surface area contributed by atoms with E-state index in [1.165, 1.54) is 36.8 Å². The van der Waals surface area contributed by atoms with Crippen molar-refractivity contribution in [2.24, 2.45) is 5.92 Å². The second-order valence-electron chi connectivity index (χ2n) is 11.2. The highest BCUT2D eigenvalue weighted by Gasteiger charge is 2.43. The molecule has 0 spiro atoms. The van der Waals surface area contributed by atoms with Crippen molar-refractivity contribution in [2.75, 3.05) is 38.6 Å². The Balaban J connectivity index is 1.43. The number of rotatable bonds is 11. The molecule has 200 valence electrons. The monoisotopic (exact) mass is 515 g/mol. The molecule has 6 heteroatoms. The first-order valence-electron chi connectivity index (χ1n) is 14.0. The van der Waals surface area contributed by atoms with Crippen LogP contribution in [0.3, 0.4) is 0 Å². The predicted octanol–water partition coefficient (Wildman–Crippen LogP) is 6.66. The van der Waals surface area contributed by atoms with Crippen LogP contribution in [0.25, 0.3) is 5.57 Å². The van der Waals surface area contributed by atoms with E-state index in [9.17, 15) is 4.79 Å². The lowest BCUT2D eigenvalue weighted by atomic mass is 9.82. The number of hydrogen-bond acceptors (Lipinski definition) is 6. The summed E-state index contributed by atoms with van der Waals surface area (Å²) in [6, 6.07) is 6.71. The predicted molar refractivity (Wildman–Crippen MR) is 149 cm³/mol. The van der Waals surface area contributed by atoms with E-state index in [0.29, 0.717) is 18.3 Å². The maximum atomic E-state index is 12.8. The lowest BCUT2D eigenvalue weighted by molar-refractivity contribution is -0.143. The Morgan fingerprint density at radius 3 is 2.72 bits per heavy atom. The molecule has 0 radical (unpaired) electrons. The van der Waals surface area contributed by atoms with E-state index in [0.717, 1.165) is 61.9 Å². The summed E-state index contributed by atoms with van der Waals surface area (Å²) in [6.45, 7) is 15.6. The first-order chi connectivity index (χ1) is 17.3. The van der Waals surface area contributed by atoms with E-state index in [1.807, 2.05) is 0 Å². The molecule has 36 heavy (non-hydrogen) atoms. The van der Waals surface area contributed by atoms with E-state index < -0.39 is 5.60 Å². The number of carbonyl (C=O) groups is 1. The zero-order valence-corrected chi connectivity index (χ0v) is 23.8. The topological polar surface area (TPSA) is 48.0 Å². The third kappa shape index (κ3) is 6.49. The quantitative estimate of drug-likeness (QED) is 0.243. The number of esters is 1. The minimum absolute atomic E-state index is 0.105. The Morgan fingerprint density at radius 2 is 1.97 bits per heavy atom. The first kappa shape index (κ1) is 27.5. The summed E-state index contributed by atoms with van der Waals surface area (Å²) in [5.74, 6) is 2.77. The van der Waals surface area contributed by atoms with Crippen molar-refractivity contribution in [2.45, 2.75) is 90.1 Å². The van der Waals surface area contributed by atoms with Crippen LogP contribution in [0.4, 0.5) is 0 Å². The van der Waals surface area contributed by atoms with Gasteiger partial charge in [-0.15, -0.1) is 11.8 Å². The second-order valence-corrected chi connectivity index (χ2v) is 12.3. The normalized spacial score (nSPS) is 23.0. The zero-order valence-electron chi connectivity index (χ0n) is 22.9. The summed E-state index contributed by atoms with van der Waals surface area (Å²) >= 11 is 1.71. The van der Waals surface area contributed by atoms with Gasteiger partial charge >= 0.3 is 5.97 Å². The number of hydrogen-bond donors (Lipinski definition) is 0. The number of nitrogens with zero attached hydrogens (tertiary/aromatic N) is 1. The largest absolute Gasteiger partial charge is 0.483 e. The Hall–Kier alpha value is -1.50. The van der Waals surface area contributed by atoms with Crippen molar-refractivity contribution in [3.63, 3.8) is 0 Å². The molecule has 3 heterocycles. The van der Waals surface area contributed by atoms with Gasteiger partial charge in [0, 0.05) is 36.4 Å². The Kier molecular flexibility index (Phi) is 9.45. The fraction of sp³-hybridized carbons (Fsp3) is 0.700. The van der Waals surface area contributed by atoms with Gasteiger partial charge in [0.15, 0.2) is 5.44 Å². The van der Waals surface area contributed by atoms with Crippen molar-refractivity contribution in [1.82, 2.24) is 4.90 Å². The van der Waals surface area contributed by atoms with E-state index in [4.69, 9.17) is 14.2 Å². The molecule has 3 atom stereocenters. The fourth-order valence-electron chi connectivity index (χ4n) is 5.55. The average molecular weight is 516 g/mol. The van der Waals surface area contributed by atoms with Gasteiger partial charge in [-0.3, -0.25) is 9.69 Å². The molecule has 1 fully saturated rings. The molecule has 1 aromatic rings. The van der Waals surface area contributed by atoms with Crippen LogP contribution in [0, 0.1) is 5.92 Å². The molecular weight excluding hydrogens is 470 g/mol. The SMILES string of the molecule is CCCCCC(C)C(C)c1ccc2c(c1)OC(C)(C)C1=C2C(OC(=O)CCCN2CCOCC2)SC1. The maximum Gasteiger partial charge on any atom is 0.307 e. The van der Waals surface area contributed by atoms with Gasteiger partial charge in [0.25, 0.3) is 0 Å². The van der Waals surface area contributed by atoms with Gasteiger partial charge < -0.3 is 14.2 Å². The molecule has 0 aliphatic carbocycles. The third-order valence-corrected chi connectivity index (χ3v) is 9.26. The molecule has 3 unspecified atom stereocenters. The van der Waals surface area contributed by atoms with Crippen LogP contribution < -0.4 is 4.74 Å². The molecule has 3 aliphatic heterocycles. The van der Waals surface area contributed by atoms with Crippen LogP contribution in [0.1, 0.15) is 90.2 Å². The fourth-order valence-corrected chi connectivity index (χ4v) is 6.99. The maximum absolute atomic E-state index is 12.8. The van der Waals surface area contributed by atoms with Gasteiger partial charge in [-0.1, -0.05) is 58.6 Å². The van der Waals surface area contributed by atoms with Gasteiger partial charge in [-0.25, -0.2) is 0 Å². The summed E-state index contributed by atoms with van der Waals surface area (Å²) in [5, 5.41) is 0. The van der Waals surface area contributed by atoms with Gasteiger partial charge in [0.2, 0.25) is 0 Å². The minimum atomic E-state index is -0.401. The molecule has 5 nitrogen and oxygen atoms in total. The second kappa shape index (κ2) is 12.4. The van der Waals surface area contributed by atoms with Gasteiger partial charge in [0.05, 0.1) is 13.2 Å². The number of benzene rings is 1. The number of ether oxygens (including phenoxy) is 3. The number of fused-ring (bicyclic) bond motifs is 2. The van der Waals surface area contributed by atoms with E-state index in [2.05, 4.69) is 57.7 Å². The Bertz CT molecular complexity index is 937. The van der Waals surface area contributed by atoms with Crippen molar-refractivity contribution in [1.29, 1.82) is 0 Å². The van der Waals surface area contributed by atoms with Crippen LogP contribution in [-0.4, -0.2) is 60.5 Å². The summed E-state index contributed by atoms with van der Waals surface area (Å²) < 4.78 is 18.0. The smallest absolute Gasteiger partial charge is 0.307 e. The van der Waals surface area contributed by atoms with Gasteiger partial charge in [0.1, 0.15) is 11.4 Å². The molecule has 0 N–H and O–H groups in total. The average Bonchev–Trinajstić information content (AvgIpc) is 3.28. The number of unbranched alkanes of at least 4 members (excludes halogenated alkanes) is 2. The number of carbonyl (C=O) groups excluding carboxylic acids is 1. The molecule has 3 aliphatic rings. The highest BCUT2D eigenvalue weighted by atomic mass is 32.2. The van der Waals surface area contributed by atoms with Crippen molar-refractivity contribution in [3.05, 3.63) is 34.9 Å². The standard InChI is InChI=1S/C30H45NO4S/c1-6-7-8-10-21(2)22(3)23-12-13-24-26(19-23)35-30(4,5)25-20-36-29(28(24)25)34-27(32)11-9-14-31-15-17-33-18-16-31/h12-13,19,21-22,29H,6-11,14-18,20H2,1-5H3.